The molecule has 0 fully saturated rings. The van der Waals surface area contributed by atoms with E-state index in [4.69, 9.17) is 10.2 Å². The summed E-state index contributed by atoms with van der Waals surface area (Å²) in [4.78, 5) is 19.2. The third-order valence-electron chi connectivity index (χ3n) is 1.11. The Balaban J connectivity index is 0. The van der Waals surface area contributed by atoms with Gasteiger partial charge in [-0.05, 0) is 12.3 Å². The Hall–Kier alpha value is -1.32. The summed E-state index contributed by atoms with van der Waals surface area (Å²) in [5.41, 5.74) is 0. The SMILES string of the molecule is C=CC(=O)O.CC(C)CCC(=O)O. The van der Waals surface area contributed by atoms with Gasteiger partial charge < -0.3 is 10.2 Å². The van der Waals surface area contributed by atoms with Gasteiger partial charge in [0.2, 0.25) is 0 Å². The van der Waals surface area contributed by atoms with Crippen LogP contribution >= 0.6 is 0 Å². The first-order chi connectivity index (χ1) is 5.90. The van der Waals surface area contributed by atoms with Crippen molar-refractivity contribution in [3.63, 3.8) is 0 Å². The van der Waals surface area contributed by atoms with Gasteiger partial charge in [0.25, 0.3) is 0 Å². The fourth-order valence-electron chi connectivity index (χ4n) is 0.412. The van der Waals surface area contributed by atoms with Gasteiger partial charge >= 0.3 is 11.9 Å². The van der Waals surface area contributed by atoms with E-state index in [-0.39, 0.29) is 0 Å². The largest absolute Gasteiger partial charge is 0.481 e. The second-order valence-electron chi connectivity index (χ2n) is 2.87. The third-order valence-corrected chi connectivity index (χ3v) is 1.11. The van der Waals surface area contributed by atoms with Crippen LogP contribution in [0.1, 0.15) is 26.7 Å². The minimum absolute atomic E-state index is 0.303. The van der Waals surface area contributed by atoms with E-state index in [0.29, 0.717) is 12.3 Å². The lowest BCUT2D eigenvalue weighted by atomic mass is 10.1. The van der Waals surface area contributed by atoms with Crippen LogP contribution in [0.3, 0.4) is 0 Å². The summed E-state index contributed by atoms with van der Waals surface area (Å²) in [7, 11) is 0. The molecule has 0 saturated heterocycles. The Bertz CT molecular complexity index is 172. The van der Waals surface area contributed by atoms with Crippen molar-refractivity contribution < 1.29 is 19.8 Å². The molecule has 0 aliphatic heterocycles. The average molecular weight is 188 g/mol. The molecule has 76 valence electrons. The fourth-order valence-corrected chi connectivity index (χ4v) is 0.412. The van der Waals surface area contributed by atoms with Crippen molar-refractivity contribution >= 4 is 11.9 Å². The maximum atomic E-state index is 9.90. The van der Waals surface area contributed by atoms with E-state index in [9.17, 15) is 9.59 Å². The van der Waals surface area contributed by atoms with Crippen molar-refractivity contribution in [2.24, 2.45) is 5.92 Å². The molecule has 0 bridgehead atoms. The van der Waals surface area contributed by atoms with E-state index in [1.54, 1.807) is 0 Å². The molecule has 4 heteroatoms. The normalized spacial score (nSPS) is 8.54. The number of carboxylic acid groups (broad SMARTS) is 2. The summed E-state index contributed by atoms with van der Waals surface area (Å²) in [5, 5.41) is 15.8. The molecule has 0 saturated carbocycles. The summed E-state index contributed by atoms with van der Waals surface area (Å²) in [6, 6.07) is 0. The quantitative estimate of drug-likeness (QED) is 0.659. The number of carboxylic acids is 2. The summed E-state index contributed by atoms with van der Waals surface area (Å²) >= 11 is 0. The van der Waals surface area contributed by atoms with Crippen molar-refractivity contribution in [3.8, 4) is 0 Å². The highest BCUT2D eigenvalue weighted by Gasteiger charge is 1.97. The zero-order valence-electron chi connectivity index (χ0n) is 7.99. The molecule has 0 aromatic heterocycles. The van der Waals surface area contributed by atoms with Crippen LogP contribution < -0.4 is 0 Å². The van der Waals surface area contributed by atoms with Crippen molar-refractivity contribution in [2.75, 3.05) is 0 Å². The number of hydrogen-bond acceptors (Lipinski definition) is 2. The Kier molecular flexibility index (Phi) is 9.60. The molecule has 0 heterocycles. The third kappa shape index (κ3) is 24.9. The van der Waals surface area contributed by atoms with Gasteiger partial charge in [-0.25, -0.2) is 4.79 Å². The first-order valence-corrected chi connectivity index (χ1v) is 3.97. The summed E-state index contributed by atoms with van der Waals surface area (Å²) in [5.74, 6) is -1.17. The zero-order chi connectivity index (χ0) is 10.9. The van der Waals surface area contributed by atoms with Gasteiger partial charge in [-0.2, -0.15) is 0 Å². The van der Waals surface area contributed by atoms with Gasteiger partial charge in [-0.3, -0.25) is 4.79 Å². The first-order valence-electron chi connectivity index (χ1n) is 3.97. The van der Waals surface area contributed by atoms with E-state index >= 15 is 0 Å². The van der Waals surface area contributed by atoms with Crippen LogP contribution in [-0.4, -0.2) is 22.2 Å². The second kappa shape index (κ2) is 8.77. The molecule has 0 spiro atoms. The maximum absolute atomic E-state index is 9.90. The van der Waals surface area contributed by atoms with Crippen molar-refractivity contribution in [2.45, 2.75) is 26.7 Å². The first kappa shape index (κ1) is 14.2. The molecule has 0 aliphatic rings. The van der Waals surface area contributed by atoms with Gasteiger partial charge in [-0.1, -0.05) is 20.4 Å². The van der Waals surface area contributed by atoms with Gasteiger partial charge in [-0.15, -0.1) is 0 Å². The molecule has 0 amide bonds. The molecule has 0 rings (SSSR count). The van der Waals surface area contributed by atoms with E-state index in [1.807, 2.05) is 13.8 Å². The molecular weight excluding hydrogens is 172 g/mol. The Morgan fingerprint density at radius 3 is 1.85 bits per heavy atom. The molecule has 0 aromatic carbocycles. The van der Waals surface area contributed by atoms with Crippen LogP contribution in [-0.2, 0) is 9.59 Å². The predicted octanol–water partition coefficient (Wildman–Crippen LogP) is 1.76. The van der Waals surface area contributed by atoms with Crippen molar-refractivity contribution in [1.29, 1.82) is 0 Å². The zero-order valence-corrected chi connectivity index (χ0v) is 7.99. The highest BCUT2D eigenvalue weighted by Crippen LogP contribution is 2.01. The number of hydrogen-bond donors (Lipinski definition) is 2. The van der Waals surface area contributed by atoms with Gasteiger partial charge in [0.1, 0.15) is 0 Å². The smallest absolute Gasteiger partial charge is 0.327 e. The predicted molar refractivity (Wildman–Crippen MR) is 49.5 cm³/mol. The Morgan fingerprint density at radius 1 is 1.38 bits per heavy atom. The van der Waals surface area contributed by atoms with Crippen LogP contribution in [0.5, 0.6) is 0 Å². The van der Waals surface area contributed by atoms with E-state index in [0.717, 1.165) is 12.5 Å². The lowest BCUT2D eigenvalue weighted by Crippen LogP contribution is -1.97. The second-order valence-corrected chi connectivity index (χ2v) is 2.87. The maximum Gasteiger partial charge on any atom is 0.327 e. The molecule has 0 radical (unpaired) electrons. The Labute approximate surface area is 77.9 Å². The summed E-state index contributed by atoms with van der Waals surface area (Å²) in [6.07, 6.45) is 1.92. The highest BCUT2D eigenvalue weighted by molar-refractivity contribution is 5.78. The number of rotatable bonds is 4. The molecule has 13 heavy (non-hydrogen) atoms. The minimum atomic E-state index is -0.981. The minimum Gasteiger partial charge on any atom is -0.481 e. The molecule has 4 nitrogen and oxygen atoms in total. The standard InChI is InChI=1S/C6H12O2.C3H4O2/c1-5(2)3-4-6(7)8;1-2-3(4)5/h5H,3-4H2,1-2H3,(H,7,8);2H,1H2,(H,4,5). The number of carbonyl (C=O) groups is 2. The molecule has 0 atom stereocenters. The van der Waals surface area contributed by atoms with E-state index < -0.39 is 11.9 Å². The van der Waals surface area contributed by atoms with Gasteiger partial charge in [0, 0.05) is 12.5 Å². The summed E-state index contributed by atoms with van der Waals surface area (Å²) in [6.45, 7) is 6.99. The van der Waals surface area contributed by atoms with Crippen molar-refractivity contribution in [1.82, 2.24) is 0 Å². The Morgan fingerprint density at radius 2 is 1.77 bits per heavy atom. The topological polar surface area (TPSA) is 74.6 Å². The van der Waals surface area contributed by atoms with E-state index in [1.165, 1.54) is 0 Å². The van der Waals surface area contributed by atoms with E-state index in [2.05, 4.69) is 6.58 Å². The monoisotopic (exact) mass is 188 g/mol. The average Bonchev–Trinajstić information content (AvgIpc) is 2.02. The fraction of sp³-hybridized carbons (Fsp3) is 0.556. The lowest BCUT2D eigenvalue weighted by Gasteiger charge is -1.97. The number of aliphatic carboxylic acids is 2. The summed E-state index contributed by atoms with van der Waals surface area (Å²) < 4.78 is 0. The van der Waals surface area contributed by atoms with Gasteiger partial charge in [0.15, 0.2) is 0 Å². The van der Waals surface area contributed by atoms with Crippen molar-refractivity contribution in [3.05, 3.63) is 12.7 Å². The van der Waals surface area contributed by atoms with Crippen LogP contribution in [0.25, 0.3) is 0 Å². The van der Waals surface area contributed by atoms with Crippen LogP contribution in [0.4, 0.5) is 0 Å². The molecule has 0 aliphatic carbocycles. The lowest BCUT2D eigenvalue weighted by molar-refractivity contribution is -0.137. The van der Waals surface area contributed by atoms with Crippen LogP contribution in [0.2, 0.25) is 0 Å². The van der Waals surface area contributed by atoms with Crippen LogP contribution in [0.15, 0.2) is 12.7 Å². The molecular formula is C9H16O4. The molecule has 0 aromatic rings. The van der Waals surface area contributed by atoms with Gasteiger partial charge in [0.05, 0.1) is 0 Å². The molecule has 0 unspecified atom stereocenters. The van der Waals surface area contributed by atoms with Crippen LogP contribution in [0, 0.1) is 5.92 Å². The highest BCUT2D eigenvalue weighted by atomic mass is 16.4. The molecule has 2 N–H and O–H groups in total.